The number of fused-ring (bicyclic) bond motifs is 2. The predicted octanol–water partition coefficient (Wildman–Crippen LogP) is 2.58. The molecule has 2 aliphatic rings. The maximum absolute atomic E-state index is 12.3. The van der Waals surface area contributed by atoms with E-state index in [0.29, 0.717) is 22.8 Å². The minimum atomic E-state index is -0.646. The molecule has 0 aliphatic carbocycles. The number of anilines is 1. The van der Waals surface area contributed by atoms with Crippen molar-refractivity contribution in [1.29, 1.82) is 0 Å². The van der Waals surface area contributed by atoms with Crippen LogP contribution in [0.15, 0.2) is 42.0 Å². The summed E-state index contributed by atoms with van der Waals surface area (Å²) in [7, 11) is 0. The number of para-hydroxylation sites is 1. The number of carbonyl (C=O) groups excluding carboxylic acids is 3. The third-order valence-corrected chi connectivity index (χ3v) is 4.39. The Morgan fingerprint density at radius 2 is 1.79 bits per heavy atom. The summed E-state index contributed by atoms with van der Waals surface area (Å²) in [6, 6.07) is 10.3. The summed E-state index contributed by atoms with van der Waals surface area (Å²) in [4.78, 5) is 36.4. The minimum absolute atomic E-state index is 0.0437. The Labute approximate surface area is 166 Å². The molecule has 2 aromatic rings. The van der Waals surface area contributed by atoms with E-state index in [1.54, 1.807) is 12.1 Å². The van der Waals surface area contributed by atoms with Gasteiger partial charge in [0.05, 0.1) is 11.3 Å². The van der Waals surface area contributed by atoms with E-state index >= 15 is 0 Å². The van der Waals surface area contributed by atoms with Gasteiger partial charge in [0, 0.05) is 17.2 Å². The van der Waals surface area contributed by atoms with Crippen LogP contribution in [0.25, 0.3) is 6.08 Å². The lowest BCUT2D eigenvalue weighted by molar-refractivity contribution is -0.143. The first kappa shape index (κ1) is 18.5. The van der Waals surface area contributed by atoms with Gasteiger partial charge in [0.1, 0.15) is 12.4 Å². The molecular weight excluding hydrogens is 378 g/mol. The molecule has 0 saturated heterocycles. The molecule has 0 bridgehead atoms. The fourth-order valence-electron chi connectivity index (χ4n) is 2.98. The van der Waals surface area contributed by atoms with Gasteiger partial charge in [0.15, 0.2) is 23.9 Å². The van der Waals surface area contributed by atoms with Gasteiger partial charge in [-0.2, -0.15) is 0 Å². The predicted molar refractivity (Wildman–Crippen MR) is 102 cm³/mol. The molecule has 29 heavy (non-hydrogen) atoms. The first-order chi connectivity index (χ1) is 14.0. The lowest BCUT2D eigenvalue weighted by atomic mass is 10.1. The number of carbonyl (C=O) groups is 3. The van der Waals surface area contributed by atoms with Crippen LogP contribution in [0.2, 0.25) is 0 Å². The van der Waals surface area contributed by atoms with Gasteiger partial charge in [0.2, 0.25) is 6.79 Å². The first-order valence-corrected chi connectivity index (χ1v) is 8.85. The smallest absolute Gasteiger partial charge is 0.338 e. The van der Waals surface area contributed by atoms with E-state index < -0.39 is 18.5 Å². The third-order valence-electron chi connectivity index (χ3n) is 4.39. The van der Waals surface area contributed by atoms with Crippen molar-refractivity contribution in [3.05, 3.63) is 53.1 Å². The molecule has 1 N–H and O–H groups in total. The fourth-order valence-corrected chi connectivity index (χ4v) is 2.98. The molecule has 0 fully saturated rings. The number of esters is 1. The second-order valence-corrected chi connectivity index (χ2v) is 6.43. The van der Waals surface area contributed by atoms with Crippen molar-refractivity contribution >= 4 is 29.4 Å². The summed E-state index contributed by atoms with van der Waals surface area (Å²) in [5.74, 6) is 0.0549. The van der Waals surface area contributed by atoms with Gasteiger partial charge in [-0.25, -0.2) is 4.79 Å². The van der Waals surface area contributed by atoms with Crippen LogP contribution in [0.1, 0.15) is 22.8 Å². The highest BCUT2D eigenvalue weighted by Gasteiger charge is 2.22. The maximum Gasteiger partial charge on any atom is 0.338 e. The van der Waals surface area contributed by atoms with E-state index in [1.165, 1.54) is 19.1 Å². The van der Waals surface area contributed by atoms with E-state index in [1.807, 2.05) is 18.2 Å². The van der Waals surface area contributed by atoms with Crippen molar-refractivity contribution in [3.8, 4) is 17.2 Å². The molecule has 0 spiro atoms. The maximum atomic E-state index is 12.3. The van der Waals surface area contributed by atoms with Crippen molar-refractivity contribution in [2.24, 2.45) is 0 Å². The quantitative estimate of drug-likeness (QED) is 0.613. The molecule has 0 aromatic heterocycles. The van der Waals surface area contributed by atoms with Gasteiger partial charge < -0.3 is 24.3 Å². The van der Waals surface area contributed by atoms with Gasteiger partial charge in [-0.05, 0) is 25.1 Å². The number of hydrogen-bond donors (Lipinski definition) is 1. The Morgan fingerprint density at radius 3 is 2.59 bits per heavy atom. The van der Waals surface area contributed by atoms with Crippen LogP contribution in [0.5, 0.6) is 17.2 Å². The highest BCUT2D eigenvalue weighted by molar-refractivity contribution is 6.05. The molecule has 1 amide bonds. The molecule has 0 unspecified atom stereocenters. The SMILES string of the molecule is CC(=O)c1cc2c(cc1NC(=O)COC(=O)C1=Cc3ccccc3OC1)OCO2. The second kappa shape index (κ2) is 7.67. The summed E-state index contributed by atoms with van der Waals surface area (Å²) in [5, 5.41) is 2.57. The first-order valence-electron chi connectivity index (χ1n) is 8.85. The van der Waals surface area contributed by atoms with Gasteiger partial charge in [-0.3, -0.25) is 9.59 Å². The number of rotatable bonds is 5. The van der Waals surface area contributed by atoms with Crippen LogP contribution in [0.4, 0.5) is 5.69 Å². The minimum Gasteiger partial charge on any atom is -0.488 e. The normalized spacial score (nSPS) is 13.6. The van der Waals surface area contributed by atoms with E-state index in [0.717, 1.165) is 5.56 Å². The molecule has 148 valence electrons. The number of Topliss-reactive ketones (excluding diaryl/α,β-unsaturated/α-hetero) is 1. The van der Waals surface area contributed by atoms with Crippen LogP contribution in [-0.4, -0.2) is 37.7 Å². The monoisotopic (exact) mass is 395 g/mol. The molecular formula is C21H17NO7. The summed E-state index contributed by atoms with van der Waals surface area (Å²) in [6.45, 7) is 0.973. The van der Waals surface area contributed by atoms with Crippen molar-refractivity contribution in [3.63, 3.8) is 0 Å². The van der Waals surface area contributed by atoms with E-state index in [4.69, 9.17) is 18.9 Å². The van der Waals surface area contributed by atoms with Crippen LogP contribution < -0.4 is 19.5 Å². The highest BCUT2D eigenvalue weighted by Crippen LogP contribution is 2.37. The van der Waals surface area contributed by atoms with Crippen LogP contribution in [0.3, 0.4) is 0 Å². The van der Waals surface area contributed by atoms with E-state index in [-0.39, 0.29) is 30.4 Å². The van der Waals surface area contributed by atoms with Crippen molar-refractivity contribution in [2.45, 2.75) is 6.92 Å². The number of amides is 1. The number of hydrogen-bond acceptors (Lipinski definition) is 7. The molecule has 2 aliphatic heterocycles. The zero-order valence-corrected chi connectivity index (χ0v) is 15.5. The van der Waals surface area contributed by atoms with E-state index in [2.05, 4.69) is 5.32 Å². The van der Waals surface area contributed by atoms with Crippen LogP contribution in [0, 0.1) is 0 Å². The number of ketones is 1. The summed E-state index contributed by atoms with van der Waals surface area (Å²) >= 11 is 0. The zero-order valence-electron chi connectivity index (χ0n) is 15.5. The van der Waals surface area contributed by atoms with Crippen LogP contribution >= 0.6 is 0 Å². The Bertz CT molecular complexity index is 1040. The van der Waals surface area contributed by atoms with Gasteiger partial charge >= 0.3 is 5.97 Å². The van der Waals surface area contributed by atoms with Gasteiger partial charge in [-0.15, -0.1) is 0 Å². The lowest BCUT2D eigenvalue weighted by Crippen LogP contribution is -2.24. The topological polar surface area (TPSA) is 100 Å². The second-order valence-electron chi connectivity index (χ2n) is 6.43. The average molecular weight is 395 g/mol. The lowest BCUT2D eigenvalue weighted by Gasteiger charge is -2.17. The molecule has 4 rings (SSSR count). The molecule has 0 radical (unpaired) electrons. The molecule has 0 atom stereocenters. The molecule has 2 heterocycles. The highest BCUT2D eigenvalue weighted by atomic mass is 16.7. The van der Waals surface area contributed by atoms with Crippen molar-refractivity contribution < 1.29 is 33.3 Å². The van der Waals surface area contributed by atoms with Crippen molar-refractivity contribution in [2.75, 3.05) is 25.3 Å². The number of benzene rings is 2. The zero-order chi connectivity index (χ0) is 20.4. The summed E-state index contributed by atoms with van der Waals surface area (Å²) < 4.78 is 21.1. The number of nitrogens with one attached hydrogen (secondary N) is 1. The fraction of sp³-hybridized carbons (Fsp3) is 0.190. The van der Waals surface area contributed by atoms with Crippen LogP contribution in [-0.2, 0) is 14.3 Å². The molecule has 8 heteroatoms. The average Bonchev–Trinajstić information content (AvgIpc) is 3.18. The Balaban J connectivity index is 1.40. The van der Waals surface area contributed by atoms with Gasteiger partial charge in [0.25, 0.3) is 5.91 Å². The third kappa shape index (κ3) is 3.91. The Kier molecular flexibility index (Phi) is 4.90. The standard InChI is InChI=1S/C21H17NO7/c1-12(23)15-7-18-19(29-11-28-18)8-16(15)22-20(24)10-27-21(25)14-6-13-4-2-3-5-17(13)26-9-14/h2-8H,9-11H2,1H3,(H,22,24). The Hall–Kier alpha value is -3.81. The van der Waals surface area contributed by atoms with Crippen molar-refractivity contribution in [1.82, 2.24) is 0 Å². The number of ether oxygens (including phenoxy) is 4. The Morgan fingerprint density at radius 1 is 1.03 bits per heavy atom. The van der Waals surface area contributed by atoms with Gasteiger partial charge in [-0.1, -0.05) is 18.2 Å². The summed E-state index contributed by atoms with van der Waals surface area (Å²) in [5.41, 5.74) is 1.61. The summed E-state index contributed by atoms with van der Waals surface area (Å²) in [6.07, 6.45) is 1.67. The largest absolute Gasteiger partial charge is 0.488 e. The molecule has 2 aromatic carbocycles. The molecule has 0 saturated carbocycles. The molecule has 8 nitrogen and oxygen atoms in total. The van der Waals surface area contributed by atoms with E-state index in [9.17, 15) is 14.4 Å².